The van der Waals surface area contributed by atoms with Gasteiger partial charge in [0.15, 0.2) is 0 Å². The number of aromatic nitrogens is 1. The summed E-state index contributed by atoms with van der Waals surface area (Å²) in [7, 11) is 0. The van der Waals surface area contributed by atoms with E-state index in [1.807, 2.05) is 24.3 Å². The molecule has 0 aliphatic carbocycles. The lowest BCUT2D eigenvalue weighted by Crippen LogP contribution is -2.43. The lowest BCUT2D eigenvalue weighted by molar-refractivity contribution is -0.115. The Morgan fingerprint density at radius 2 is 1.84 bits per heavy atom. The van der Waals surface area contributed by atoms with Gasteiger partial charge in [-0.25, -0.2) is 4.98 Å². The van der Waals surface area contributed by atoms with E-state index in [1.165, 1.54) is 6.07 Å². The Kier molecular flexibility index (Phi) is 7.45. The van der Waals surface area contributed by atoms with Crippen LogP contribution in [0.25, 0.3) is 0 Å². The average molecular weight is 435 g/mol. The zero-order valence-electron chi connectivity index (χ0n) is 18.4. The van der Waals surface area contributed by atoms with E-state index in [9.17, 15) is 15.0 Å². The van der Waals surface area contributed by atoms with E-state index in [4.69, 9.17) is 5.73 Å². The van der Waals surface area contributed by atoms with Gasteiger partial charge in [-0.1, -0.05) is 36.4 Å². The number of carbonyl (C=O) groups excluding carboxylic acids is 1. The number of aliphatic hydroxyl groups is 1. The average Bonchev–Trinajstić information content (AvgIpc) is 2.72. The summed E-state index contributed by atoms with van der Waals surface area (Å²) in [6.45, 7) is 4.52. The number of carbonyl (C=O) groups is 1. The van der Waals surface area contributed by atoms with Crippen LogP contribution in [0.2, 0.25) is 0 Å². The number of rotatable bonds is 9. The number of nitrogens with zero attached hydrogens (tertiary/aromatic N) is 1. The molecular weight excluding hydrogens is 404 g/mol. The second kappa shape index (κ2) is 10.3. The summed E-state index contributed by atoms with van der Waals surface area (Å²) in [5.74, 6) is 0.382. The highest BCUT2D eigenvalue weighted by Gasteiger charge is 2.20. The lowest BCUT2D eigenvalue weighted by atomic mass is 9.93. The number of phenolic OH excluding ortho intramolecular Hbond substituents is 1. The van der Waals surface area contributed by atoms with Gasteiger partial charge in [-0.2, -0.15) is 0 Å². The molecule has 0 unspecified atom stereocenters. The minimum atomic E-state index is -0.685. The van der Waals surface area contributed by atoms with Crippen molar-refractivity contribution in [2.75, 3.05) is 17.6 Å². The van der Waals surface area contributed by atoms with Gasteiger partial charge in [0.1, 0.15) is 11.6 Å². The number of nitrogen functional groups attached to an aromatic ring is 1. The van der Waals surface area contributed by atoms with E-state index in [2.05, 4.69) is 29.5 Å². The van der Waals surface area contributed by atoms with Crippen LogP contribution >= 0.6 is 0 Å². The van der Waals surface area contributed by atoms with Crippen molar-refractivity contribution in [3.05, 3.63) is 83.6 Å². The Labute approximate surface area is 188 Å². The number of benzene rings is 2. The van der Waals surface area contributed by atoms with Crippen molar-refractivity contribution in [1.82, 2.24) is 10.3 Å². The number of phenols is 1. The summed E-state index contributed by atoms with van der Waals surface area (Å²) < 4.78 is 0. The van der Waals surface area contributed by atoms with Gasteiger partial charge in [0, 0.05) is 35.6 Å². The molecule has 1 amide bonds. The number of nitrogens with one attached hydrogen (secondary N) is 2. The van der Waals surface area contributed by atoms with E-state index < -0.39 is 6.10 Å². The summed E-state index contributed by atoms with van der Waals surface area (Å²) in [4.78, 5) is 16.4. The molecule has 7 heteroatoms. The second-order valence-corrected chi connectivity index (χ2v) is 8.57. The zero-order valence-corrected chi connectivity index (χ0v) is 18.4. The van der Waals surface area contributed by atoms with Crippen molar-refractivity contribution < 1.29 is 15.0 Å². The Bertz CT molecular complexity index is 1050. The van der Waals surface area contributed by atoms with Gasteiger partial charge in [0.25, 0.3) is 0 Å². The molecule has 6 N–H and O–H groups in total. The highest BCUT2D eigenvalue weighted by molar-refractivity contribution is 5.92. The largest absolute Gasteiger partial charge is 0.508 e. The number of aromatic hydroxyl groups is 1. The molecule has 1 aromatic heterocycles. The van der Waals surface area contributed by atoms with Gasteiger partial charge in [-0.3, -0.25) is 4.79 Å². The molecule has 3 aromatic rings. The van der Waals surface area contributed by atoms with E-state index in [1.54, 1.807) is 36.5 Å². The first-order chi connectivity index (χ1) is 15.2. The summed E-state index contributed by atoms with van der Waals surface area (Å²) >= 11 is 0. The molecule has 3 rings (SSSR count). The molecule has 1 heterocycles. The monoisotopic (exact) mass is 434 g/mol. The quantitative estimate of drug-likeness (QED) is 0.353. The number of amides is 1. The van der Waals surface area contributed by atoms with Gasteiger partial charge in [-0.15, -0.1) is 0 Å². The van der Waals surface area contributed by atoms with Crippen LogP contribution in [0.1, 0.15) is 36.6 Å². The highest BCUT2D eigenvalue weighted by Crippen LogP contribution is 2.19. The molecule has 0 saturated heterocycles. The van der Waals surface area contributed by atoms with Gasteiger partial charge in [0.2, 0.25) is 5.91 Å². The van der Waals surface area contributed by atoms with Crippen LogP contribution in [-0.2, 0) is 17.6 Å². The zero-order chi connectivity index (χ0) is 23.1. The van der Waals surface area contributed by atoms with Crippen molar-refractivity contribution in [3.8, 4) is 5.75 Å². The van der Waals surface area contributed by atoms with E-state index >= 15 is 0 Å². The molecule has 0 bridgehead atoms. The topological polar surface area (TPSA) is 120 Å². The lowest BCUT2D eigenvalue weighted by Gasteiger charge is -2.28. The third-order valence-electron chi connectivity index (χ3n) is 5.10. The number of hydrogen-bond donors (Lipinski definition) is 5. The molecule has 0 fully saturated rings. The fourth-order valence-electron chi connectivity index (χ4n) is 3.50. The summed E-state index contributed by atoms with van der Waals surface area (Å²) in [5.41, 5.74) is 8.60. The number of β-amino-alcohol motifs (C(OH)–C–C–N with tert-alkyl or cyclic N) is 1. The van der Waals surface area contributed by atoms with Gasteiger partial charge >= 0.3 is 0 Å². The van der Waals surface area contributed by atoms with Crippen LogP contribution in [0.5, 0.6) is 5.75 Å². The van der Waals surface area contributed by atoms with Crippen molar-refractivity contribution in [1.29, 1.82) is 0 Å². The van der Waals surface area contributed by atoms with Crippen molar-refractivity contribution in [2.24, 2.45) is 0 Å². The van der Waals surface area contributed by atoms with Crippen LogP contribution in [0.3, 0.4) is 0 Å². The third kappa shape index (κ3) is 7.08. The van der Waals surface area contributed by atoms with E-state index in [-0.39, 0.29) is 23.6 Å². The Morgan fingerprint density at radius 3 is 2.56 bits per heavy atom. The Hall–Kier alpha value is -3.42. The second-order valence-electron chi connectivity index (χ2n) is 8.57. The molecule has 0 aliphatic heterocycles. The third-order valence-corrected chi connectivity index (χ3v) is 5.10. The fraction of sp³-hybridized carbons (Fsp3) is 0.280. The number of pyridine rings is 1. The number of hydrogen-bond acceptors (Lipinski definition) is 6. The smallest absolute Gasteiger partial charge is 0.228 e. The summed E-state index contributed by atoms with van der Waals surface area (Å²) in [6, 6.07) is 17.8. The number of nitrogens with two attached hydrogens (primary N) is 1. The maximum Gasteiger partial charge on any atom is 0.228 e. The molecule has 1 atom stereocenters. The van der Waals surface area contributed by atoms with Crippen LogP contribution in [0, 0.1) is 0 Å². The molecule has 0 aliphatic rings. The highest BCUT2D eigenvalue weighted by atomic mass is 16.3. The first-order valence-corrected chi connectivity index (χ1v) is 10.5. The predicted octanol–water partition coefficient (Wildman–Crippen LogP) is 3.19. The first-order valence-electron chi connectivity index (χ1n) is 10.5. The van der Waals surface area contributed by atoms with Crippen LogP contribution in [0.15, 0.2) is 66.9 Å². The standard InChI is InChI=1S/C25H30N4O3/c1-25(2,28-16-22(31)19-9-10-23(26)27-15-19)14-18-6-3-5-17(11-18)12-24(32)29-20-7-4-8-21(30)13-20/h3-11,13,15,22,28,30-31H,12,14,16H2,1-2H3,(H2,26,27)(H,29,32)/t22-/m0/s1. The van der Waals surface area contributed by atoms with Gasteiger partial charge in [-0.05, 0) is 49.6 Å². The Balaban J connectivity index is 1.55. The van der Waals surface area contributed by atoms with Gasteiger partial charge < -0.3 is 26.6 Å². The predicted molar refractivity (Wildman–Crippen MR) is 126 cm³/mol. The van der Waals surface area contributed by atoms with Crippen LogP contribution < -0.4 is 16.4 Å². The molecule has 0 saturated carbocycles. The number of aliphatic hydroxyl groups excluding tert-OH is 1. The van der Waals surface area contributed by atoms with Gasteiger partial charge in [0.05, 0.1) is 12.5 Å². The summed E-state index contributed by atoms with van der Waals surface area (Å²) in [6.07, 6.45) is 1.86. The maximum atomic E-state index is 12.4. The fourth-order valence-corrected chi connectivity index (χ4v) is 3.50. The minimum Gasteiger partial charge on any atom is -0.508 e. The normalized spacial score (nSPS) is 12.3. The van der Waals surface area contributed by atoms with Crippen LogP contribution in [0.4, 0.5) is 11.5 Å². The molecule has 0 radical (unpaired) electrons. The molecular formula is C25H30N4O3. The molecule has 7 nitrogen and oxygen atoms in total. The van der Waals surface area contributed by atoms with E-state index in [0.29, 0.717) is 23.6 Å². The maximum absolute atomic E-state index is 12.4. The number of anilines is 2. The minimum absolute atomic E-state index is 0.109. The first kappa shape index (κ1) is 23.2. The Morgan fingerprint density at radius 1 is 1.09 bits per heavy atom. The molecule has 0 spiro atoms. The van der Waals surface area contributed by atoms with Crippen LogP contribution in [-0.4, -0.2) is 33.2 Å². The summed E-state index contributed by atoms with van der Waals surface area (Å²) in [5, 5.41) is 26.2. The van der Waals surface area contributed by atoms with Crippen molar-refractivity contribution in [2.45, 2.75) is 38.3 Å². The van der Waals surface area contributed by atoms with Crippen molar-refractivity contribution in [3.63, 3.8) is 0 Å². The molecule has 32 heavy (non-hydrogen) atoms. The van der Waals surface area contributed by atoms with Crippen molar-refractivity contribution >= 4 is 17.4 Å². The molecule has 2 aromatic carbocycles. The molecule has 168 valence electrons. The van der Waals surface area contributed by atoms with E-state index in [0.717, 1.165) is 17.5 Å². The SMILES string of the molecule is CC(C)(Cc1cccc(CC(=O)Nc2cccc(O)c2)c1)NC[C@H](O)c1ccc(N)nc1.